The number of hydrazone groups is 1. The minimum absolute atomic E-state index is 0.393. The first-order chi connectivity index (χ1) is 14.5. The van der Waals surface area contributed by atoms with Crippen molar-refractivity contribution in [3.05, 3.63) is 113 Å². The third-order valence-corrected chi connectivity index (χ3v) is 5.34. The molecule has 3 rings (SSSR count). The second-order valence-corrected chi connectivity index (χ2v) is 7.67. The maximum absolute atomic E-state index is 4.83. The lowest BCUT2D eigenvalue weighted by Gasteiger charge is -2.27. The van der Waals surface area contributed by atoms with Crippen LogP contribution in [0.2, 0.25) is 0 Å². The summed E-state index contributed by atoms with van der Waals surface area (Å²) in [6, 6.07) is 18.9. The molecule has 1 unspecified atom stereocenters. The number of nitrogens with one attached hydrogen (secondary N) is 1. The van der Waals surface area contributed by atoms with Crippen LogP contribution in [0, 0.1) is 6.92 Å². The Kier molecular flexibility index (Phi) is 7.08. The fourth-order valence-electron chi connectivity index (χ4n) is 3.48. The molecule has 154 valence electrons. The van der Waals surface area contributed by atoms with E-state index >= 15 is 0 Å². The van der Waals surface area contributed by atoms with Gasteiger partial charge in [-0.3, -0.25) is 0 Å². The first kappa shape index (κ1) is 21.4. The molecule has 0 aromatic heterocycles. The number of benzene rings is 2. The topological polar surface area (TPSA) is 27.6 Å². The molecule has 2 aromatic rings. The van der Waals surface area contributed by atoms with Crippen LogP contribution in [0.15, 0.2) is 101 Å². The number of rotatable bonds is 6. The number of allylic oxidation sites excluding steroid dienone is 3. The van der Waals surface area contributed by atoms with Crippen LogP contribution < -0.4 is 5.32 Å². The van der Waals surface area contributed by atoms with Crippen LogP contribution in [0.1, 0.15) is 43.4 Å². The maximum atomic E-state index is 4.83. The number of hydrogen-bond donors (Lipinski definition) is 1. The molecule has 1 N–H and O–H groups in total. The second kappa shape index (κ2) is 9.93. The Morgan fingerprint density at radius 2 is 1.80 bits per heavy atom. The molecule has 3 nitrogen and oxygen atoms in total. The molecule has 1 aliphatic heterocycles. The highest BCUT2D eigenvalue weighted by atomic mass is 15.5. The Morgan fingerprint density at radius 1 is 1.10 bits per heavy atom. The average Bonchev–Trinajstić information content (AvgIpc) is 2.76. The van der Waals surface area contributed by atoms with Gasteiger partial charge < -0.3 is 5.32 Å². The van der Waals surface area contributed by atoms with Gasteiger partial charge in [0.2, 0.25) is 0 Å². The van der Waals surface area contributed by atoms with Crippen molar-refractivity contribution in [3.63, 3.8) is 0 Å². The van der Waals surface area contributed by atoms with Gasteiger partial charge in [0.05, 0.1) is 11.4 Å². The molecule has 0 aliphatic carbocycles. The van der Waals surface area contributed by atoms with Gasteiger partial charge in [0.25, 0.3) is 0 Å². The highest BCUT2D eigenvalue weighted by Crippen LogP contribution is 2.25. The molecule has 3 heteroatoms. The van der Waals surface area contributed by atoms with Crippen molar-refractivity contribution in [2.75, 3.05) is 6.54 Å². The van der Waals surface area contributed by atoms with Gasteiger partial charge >= 0.3 is 0 Å². The van der Waals surface area contributed by atoms with E-state index in [-0.39, 0.29) is 0 Å². The SMILES string of the molecule is C=C1C=CC(NCC(C)c2ccccc2)=NN1C(=C\C)/C(C)=C/c1ccccc1C. The molecule has 0 amide bonds. The van der Waals surface area contributed by atoms with E-state index in [4.69, 9.17) is 5.10 Å². The Bertz CT molecular complexity index is 1010. The smallest absolute Gasteiger partial charge is 0.147 e. The van der Waals surface area contributed by atoms with Crippen molar-refractivity contribution in [1.82, 2.24) is 10.3 Å². The van der Waals surface area contributed by atoms with Crippen LogP contribution in [0.5, 0.6) is 0 Å². The summed E-state index contributed by atoms with van der Waals surface area (Å²) >= 11 is 0. The van der Waals surface area contributed by atoms with E-state index < -0.39 is 0 Å². The molecule has 1 aliphatic rings. The zero-order chi connectivity index (χ0) is 21.5. The summed E-state index contributed by atoms with van der Waals surface area (Å²) in [4.78, 5) is 0. The summed E-state index contributed by atoms with van der Waals surface area (Å²) in [6.45, 7) is 13.5. The van der Waals surface area contributed by atoms with Gasteiger partial charge in [-0.05, 0) is 67.2 Å². The largest absolute Gasteiger partial charge is 0.368 e. The highest BCUT2D eigenvalue weighted by Gasteiger charge is 2.17. The fraction of sp³-hybridized carbons (Fsp3) is 0.222. The second-order valence-electron chi connectivity index (χ2n) is 7.67. The predicted molar refractivity (Wildman–Crippen MR) is 129 cm³/mol. The fourth-order valence-corrected chi connectivity index (χ4v) is 3.48. The molecule has 0 radical (unpaired) electrons. The lowest BCUT2D eigenvalue weighted by atomic mass is 10.0. The minimum Gasteiger partial charge on any atom is -0.368 e. The van der Waals surface area contributed by atoms with Crippen LogP contribution in [0.3, 0.4) is 0 Å². The quantitative estimate of drug-likeness (QED) is 0.572. The third-order valence-electron chi connectivity index (χ3n) is 5.34. The number of amidine groups is 1. The third kappa shape index (κ3) is 5.18. The molecule has 2 aromatic carbocycles. The molecule has 0 saturated carbocycles. The van der Waals surface area contributed by atoms with Crippen molar-refractivity contribution in [3.8, 4) is 0 Å². The molecule has 0 saturated heterocycles. The van der Waals surface area contributed by atoms with E-state index in [2.05, 4.69) is 93.3 Å². The van der Waals surface area contributed by atoms with Crippen LogP contribution in [-0.2, 0) is 0 Å². The van der Waals surface area contributed by atoms with Crippen molar-refractivity contribution in [2.24, 2.45) is 5.10 Å². The summed E-state index contributed by atoms with van der Waals surface area (Å²) < 4.78 is 0. The van der Waals surface area contributed by atoms with Crippen LogP contribution in [0.4, 0.5) is 0 Å². The summed E-state index contributed by atoms with van der Waals surface area (Å²) in [7, 11) is 0. The summed E-state index contributed by atoms with van der Waals surface area (Å²) in [5.41, 5.74) is 6.81. The number of aryl methyl sites for hydroxylation is 1. The van der Waals surface area contributed by atoms with Gasteiger partial charge in [-0.25, -0.2) is 5.01 Å². The summed E-state index contributed by atoms with van der Waals surface area (Å²) in [6.07, 6.45) is 8.29. The van der Waals surface area contributed by atoms with Crippen molar-refractivity contribution in [2.45, 2.75) is 33.6 Å². The van der Waals surface area contributed by atoms with Gasteiger partial charge in [0.15, 0.2) is 0 Å². The molecule has 0 fully saturated rings. The first-order valence-electron chi connectivity index (χ1n) is 10.4. The Morgan fingerprint density at radius 3 is 2.50 bits per heavy atom. The Labute approximate surface area is 180 Å². The molecule has 0 bridgehead atoms. The highest BCUT2D eigenvalue weighted by molar-refractivity contribution is 5.94. The lowest BCUT2D eigenvalue weighted by Crippen LogP contribution is -2.31. The first-order valence-corrected chi connectivity index (χ1v) is 10.4. The van der Waals surface area contributed by atoms with E-state index in [9.17, 15) is 0 Å². The van der Waals surface area contributed by atoms with Crippen LogP contribution in [0.25, 0.3) is 6.08 Å². The summed E-state index contributed by atoms with van der Waals surface area (Å²) in [5, 5.41) is 10.2. The van der Waals surface area contributed by atoms with E-state index in [1.807, 2.05) is 30.2 Å². The number of hydrogen-bond acceptors (Lipinski definition) is 3. The standard InChI is InChI=1S/C27H31N3/c1-6-26(21(3)18-25-15-11-10-12-20(25)2)30-23(5)16-17-27(29-30)28-19-22(4)24-13-8-7-9-14-24/h6-18,22H,5,19H2,1-4H3,(H,28,29)/b21-18+,26-6-. The Balaban J connectivity index is 1.76. The molecule has 1 heterocycles. The maximum Gasteiger partial charge on any atom is 0.147 e. The van der Waals surface area contributed by atoms with Gasteiger partial charge in [-0.2, -0.15) is 5.10 Å². The zero-order valence-corrected chi connectivity index (χ0v) is 18.4. The van der Waals surface area contributed by atoms with E-state index in [1.54, 1.807) is 0 Å². The van der Waals surface area contributed by atoms with Crippen LogP contribution >= 0.6 is 0 Å². The van der Waals surface area contributed by atoms with E-state index in [0.29, 0.717) is 5.92 Å². The predicted octanol–water partition coefficient (Wildman–Crippen LogP) is 6.39. The van der Waals surface area contributed by atoms with Gasteiger partial charge in [0, 0.05) is 6.54 Å². The van der Waals surface area contributed by atoms with Gasteiger partial charge in [-0.15, -0.1) is 0 Å². The Hall–Kier alpha value is -3.33. The van der Waals surface area contributed by atoms with Crippen LogP contribution in [-0.4, -0.2) is 17.4 Å². The number of nitrogens with zero attached hydrogens (tertiary/aromatic N) is 2. The molecule has 30 heavy (non-hydrogen) atoms. The van der Waals surface area contributed by atoms with Gasteiger partial charge in [-0.1, -0.05) is 74.2 Å². The summed E-state index contributed by atoms with van der Waals surface area (Å²) in [5.74, 6) is 1.23. The van der Waals surface area contributed by atoms with Crippen molar-refractivity contribution < 1.29 is 0 Å². The van der Waals surface area contributed by atoms with E-state index in [0.717, 1.165) is 29.3 Å². The monoisotopic (exact) mass is 397 g/mol. The van der Waals surface area contributed by atoms with Gasteiger partial charge in [0.1, 0.15) is 5.84 Å². The molecular formula is C27H31N3. The lowest BCUT2D eigenvalue weighted by molar-refractivity contribution is 0.471. The zero-order valence-electron chi connectivity index (χ0n) is 18.4. The van der Waals surface area contributed by atoms with Crippen molar-refractivity contribution >= 4 is 11.9 Å². The molecule has 1 atom stereocenters. The minimum atomic E-state index is 0.393. The van der Waals surface area contributed by atoms with E-state index in [1.165, 1.54) is 16.7 Å². The molecular weight excluding hydrogens is 366 g/mol. The molecule has 0 spiro atoms. The normalized spacial score (nSPS) is 15.8. The average molecular weight is 398 g/mol. The van der Waals surface area contributed by atoms with Crippen molar-refractivity contribution in [1.29, 1.82) is 0 Å².